The van der Waals surface area contributed by atoms with Gasteiger partial charge in [0.2, 0.25) is 0 Å². The number of oxazole rings is 1. The minimum atomic E-state index is 0.378. The fourth-order valence-corrected chi connectivity index (χ4v) is 1.36. The van der Waals surface area contributed by atoms with Crippen LogP contribution in [0.1, 0.15) is 6.92 Å². The van der Waals surface area contributed by atoms with Gasteiger partial charge in [0.15, 0.2) is 5.58 Å². The van der Waals surface area contributed by atoms with E-state index in [9.17, 15) is 0 Å². The first-order chi connectivity index (χ1) is 6.29. The van der Waals surface area contributed by atoms with Crippen LogP contribution in [0.4, 0.5) is 0 Å². The third-order valence-corrected chi connectivity index (χ3v) is 1.85. The van der Waals surface area contributed by atoms with Gasteiger partial charge in [0.25, 0.3) is 5.22 Å². The molecule has 0 spiro atoms. The molecule has 0 aliphatic rings. The van der Waals surface area contributed by atoms with Gasteiger partial charge in [-0.3, -0.25) is 0 Å². The van der Waals surface area contributed by atoms with Crippen molar-refractivity contribution in [3.63, 3.8) is 0 Å². The first-order valence-corrected chi connectivity index (χ1v) is 4.46. The number of benzene rings is 1. The van der Waals surface area contributed by atoms with Crippen molar-refractivity contribution in [1.82, 2.24) is 4.98 Å². The molecule has 0 fully saturated rings. The Morgan fingerprint density at radius 3 is 3.15 bits per heavy atom. The number of hydrogen-bond donors (Lipinski definition) is 1. The molecule has 2 rings (SSSR count). The molecule has 0 amide bonds. The highest BCUT2D eigenvalue weighted by Gasteiger charge is 2.03. The van der Waals surface area contributed by atoms with E-state index >= 15 is 0 Å². The SMILES string of the molecule is CCOc1ccc2nc(S)oc2c1. The van der Waals surface area contributed by atoms with E-state index in [4.69, 9.17) is 9.15 Å². The van der Waals surface area contributed by atoms with Crippen LogP contribution in [0, 0.1) is 0 Å². The first kappa shape index (κ1) is 8.44. The maximum atomic E-state index is 5.31. The maximum absolute atomic E-state index is 5.31. The molecule has 0 atom stereocenters. The number of ether oxygens (including phenoxy) is 1. The summed E-state index contributed by atoms with van der Waals surface area (Å²) in [6, 6.07) is 5.52. The Morgan fingerprint density at radius 2 is 2.38 bits per heavy atom. The van der Waals surface area contributed by atoms with Gasteiger partial charge in [-0.2, -0.15) is 0 Å². The lowest BCUT2D eigenvalue weighted by molar-refractivity contribution is 0.340. The van der Waals surface area contributed by atoms with Crippen LogP contribution in [0.5, 0.6) is 5.75 Å². The molecule has 0 saturated carbocycles. The van der Waals surface area contributed by atoms with E-state index in [2.05, 4.69) is 17.6 Å². The number of thiol groups is 1. The van der Waals surface area contributed by atoms with Crippen LogP contribution in [-0.2, 0) is 0 Å². The van der Waals surface area contributed by atoms with Crippen LogP contribution in [0.15, 0.2) is 27.8 Å². The van der Waals surface area contributed by atoms with Crippen LogP contribution in [-0.4, -0.2) is 11.6 Å². The zero-order valence-corrected chi connectivity index (χ0v) is 8.04. The van der Waals surface area contributed by atoms with Crippen molar-refractivity contribution >= 4 is 23.7 Å². The van der Waals surface area contributed by atoms with Gasteiger partial charge >= 0.3 is 0 Å². The number of fused-ring (bicyclic) bond motifs is 1. The van der Waals surface area contributed by atoms with Crippen molar-refractivity contribution < 1.29 is 9.15 Å². The molecule has 2 aromatic rings. The lowest BCUT2D eigenvalue weighted by Gasteiger charge is -2.00. The van der Waals surface area contributed by atoms with Crippen molar-refractivity contribution in [2.45, 2.75) is 12.1 Å². The molecule has 13 heavy (non-hydrogen) atoms. The van der Waals surface area contributed by atoms with Crippen LogP contribution >= 0.6 is 12.6 Å². The third kappa shape index (κ3) is 1.62. The smallest absolute Gasteiger partial charge is 0.253 e. The molecule has 1 aromatic heterocycles. The first-order valence-electron chi connectivity index (χ1n) is 4.02. The summed E-state index contributed by atoms with van der Waals surface area (Å²) in [7, 11) is 0. The second kappa shape index (κ2) is 3.30. The topological polar surface area (TPSA) is 35.3 Å². The van der Waals surface area contributed by atoms with Crippen molar-refractivity contribution in [2.75, 3.05) is 6.61 Å². The number of hydrogen-bond acceptors (Lipinski definition) is 4. The van der Waals surface area contributed by atoms with Gasteiger partial charge < -0.3 is 9.15 Å². The lowest BCUT2D eigenvalue weighted by Crippen LogP contribution is -1.90. The molecular formula is C9H9NO2S. The van der Waals surface area contributed by atoms with Crippen molar-refractivity contribution in [3.05, 3.63) is 18.2 Å². The molecule has 4 heteroatoms. The fraction of sp³-hybridized carbons (Fsp3) is 0.222. The van der Waals surface area contributed by atoms with Crippen molar-refractivity contribution in [3.8, 4) is 5.75 Å². The maximum Gasteiger partial charge on any atom is 0.253 e. The Labute approximate surface area is 81.1 Å². The Balaban J connectivity index is 2.48. The standard InChI is InChI=1S/C9H9NO2S/c1-2-11-6-3-4-7-8(5-6)12-9(13)10-7/h3-5H,2H2,1H3,(H,10,13). The van der Waals surface area contributed by atoms with Crippen LogP contribution < -0.4 is 4.74 Å². The van der Waals surface area contributed by atoms with Gasteiger partial charge in [0.1, 0.15) is 11.3 Å². The van der Waals surface area contributed by atoms with Gasteiger partial charge in [-0.15, -0.1) is 0 Å². The van der Waals surface area contributed by atoms with E-state index in [0.717, 1.165) is 11.3 Å². The molecule has 68 valence electrons. The highest BCUT2D eigenvalue weighted by atomic mass is 32.1. The molecule has 0 aliphatic carbocycles. The predicted octanol–water partition coefficient (Wildman–Crippen LogP) is 2.52. The second-order valence-corrected chi connectivity index (χ2v) is 2.94. The normalized spacial score (nSPS) is 10.6. The average molecular weight is 195 g/mol. The third-order valence-electron chi connectivity index (χ3n) is 1.66. The zero-order chi connectivity index (χ0) is 9.26. The number of nitrogens with zero attached hydrogens (tertiary/aromatic N) is 1. The number of rotatable bonds is 2. The molecule has 0 saturated heterocycles. The minimum absolute atomic E-state index is 0.378. The number of aromatic nitrogens is 1. The summed E-state index contributed by atoms with van der Waals surface area (Å²) in [4.78, 5) is 4.06. The summed E-state index contributed by atoms with van der Waals surface area (Å²) >= 11 is 4.01. The molecule has 0 radical (unpaired) electrons. The van der Waals surface area contributed by atoms with Crippen molar-refractivity contribution in [2.24, 2.45) is 0 Å². The predicted molar refractivity (Wildman–Crippen MR) is 52.4 cm³/mol. The van der Waals surface area contributed by atoms with Crippen LogP contribution in [0.25, 0.3) is 11.1 Å². The Morgan fingerprint density at radius 1 is 1.54 bits per heavy atom. The van der Waals surface area contributed by atoms with Gasteiger partial charge in [-0.25, -0.2) is 4.98 Å². The van der Waals surface area contributed by atoms with E-state index < -0.39 is 0 Å². The fourth-order valence-electron chi connectivity index (χ4n) is 1.15. The van der Waals surface area contributed by atoms with Gasteiger partial charge in [-0.1, -0.05) is 12.6 Å². The van der Waals surface area contributed by atoms with Crippen LogP contribution in [0.3, 0.4) is 0 Å². The molecule has 0 unspecified atom stereocenters. The summed E-state index contributed by atoms with van der Waals surface area (Å²) in [5.41, 5.74) is 1.50. The van der Waals surface area contributed by atoms with Crippen molar-refractivity contribution in [1.29, 1.82) is 0 Å². The summed E-state index contributed by atoms with van der Waals surface area (Å²) in [5, 5.41) is 0.378. The molecule has 0 bridgehead atoms. The molecular weight excluding hydrogens is 186 g/mol. The quantitative estimate of drug-likeness (QED) is 0.748. The van der Waals surface area contributed by atoms with E-state index in [1.807, 2.05) is 25.1 Å². The van der Waals surface area contributed by atoms with Gasteiger partial charge in [0.05, 0.1) is 6.61 Å². The molecule has 0 aliphatic heterocycles. The minimum Gasteiger partial charge on any atom is -0.494 e. The van der Waals surface area contributed by atoms with Gasteiger partial charge in [0, 0.05) is 6.07 Å². The Bertz CT molecular complexity index is 424. The van der Waals surface area contributed by atoms with E-state index in [1.165, 1.54) is 0 Å². The largest absolute Gasteiger partial charge is 0.494 e. The van der Waals surface area contributed by atoms with Crippen LogP contribution in [0.2, 0.25) is 0 Å². The average Bonchev–Trinajstić information content (AvgIpc) is 2.44. The summed E-state index contributed by atoms with van der Waals surface area (Å²) in [6.07, 6.45) is 0. The molecule has 1 heterocycles. The lowest BCUT2D eigenvalue weighted by atomic mass is 10.3. The highest BCUT2D eigenvalue weighted by molar-refractivity contribution is 7.80. The molecule has 0 N–H and O–H groups in total. The molecule has 1 aromatic carbocycles. The van der Waals surface area contributed by atoms with E-state index in [0.29, 0.717) is 17.4 Å². The van der Waals surface area contributed by atoms with E-state index in [-0.39, 0.29) is 0 Å². The summed E-state index contributed by atoms with van der Waals surface area (Å²) < 4.78 is 10.5. The Kier molecular flexibility index (Phi) is 2.14. The van der Waals surface area contributed by atoms with Gasteiger partial charge in [-0.05, 0) is 19.1 Å². The Hall–Kier alpha value is -1.16. The molecule has 3 nitrogen and oxygen atoms in total. The summed E-state index contributed by atoms with van der Waals surface area (Å²) in [6.45, 7) is 2.59. The second-order valence-electron chi connectivity index (χ2n) is 2.56. The monoisotopic (exact) mass is 195 g/mol. The zero-order valence-electron chi connectivity index (χ0n) is 7.15. The van der Waals surface area contributed by atoms with E-state index in [1.54, 1.807) is 0 Å². The highest BCUT2D eigenvalue weighted by Crippen LogP contribution is 2.22. The summed E-state index contributed by atoms with van der Waals surface area (Å²) in [5.74, 6) is 0.791.